The lowest BCUT2D eigenvalue weighted by atomic mass is 9.99. The summed E-state index contributed by atoms with van der Waals surface area (Å²) in [5.74, 6) is 0.577. The van der Waals surface area contributed by atoms with Gasteiger partial charge in [-0.05, 0) is 41.4 Å². The molecule has 0 aliphatic carbocycles. The highest BCUT2D eigenvalue weighted by Gasteiger charge is 2.24. The van der Waals surface area contributed by atoms with Crippen LogP contribution in [-0.2, 0) is 5.60 Å². The number of oxazole rings is 1. The number of fused-ring (bicyclic) bond motifs is 1. The molecule has 7 heteroatoms. The zero-order chi connectivity index (χ0) is 16.4. The maximum absolute atomic E-state index is 12.0. The minimum absolute atomic E-state index is 0.110. The molecule has 2 aromatic heterocycles. The second-order valence-electron chi connectivity index (χ2n) is 5.51. The highest BCUT2D eigenvalue weighted by Crippen LogP contribution is 2.22. The van der Waals surface area contributed by atoms with E-state index < -0.39 is 11.6 Å². The topological polar surface area (TPSA) is 87.4 Å². The molecule has 2 heterocycles. The van der Waals surface area contributed by atoms with Crippen LogP contribution in [0, 0.1) is 6.92 Å². The molecule has 1 unspecified atom stereocenters. The van der Waals surface area contributed by atoms with E-state index in [0.29, 0.717) is 17.2 Å². The highest BCUT2D eigenvalue weighted by atomic mass is 32.1. The van der Waals surface area contributed by atoms with Crippen molar-refractivity contribution >= 4 is 34.2 Å². The second kappa shape index (κ2) is 6.02. The summed E-state index contributed by atoms with van der Waals surface area (Å²) in [7, 11) is 0. The first kappa shape index (κ1) is 15.5. The van der Waals surface area contributed by atoms with Crippen molar-refractivity contribution in [3.8, 4) is 0 Å². The third kappa shape index (κ3) is 3.52. The number of anilines is 1. The number of hydrogen-bond acceptors (Lipinski definition) is 5. The van der Waals surface area contributed by atoms with Gasteiger partial charge in [-0.1, -0.05) is 0 Å². The number of rotatable bonds is 4. The zero-order valence-electron chi connectivity index (χ0n) is 12.8. The molecule has 3 N–H and O–H groups in total. The monoisotopic (exact) mass is 331 g/mol. The molecule has 0 bridgehead atoms. The average Bonchev–Trinajstić information content (AvgIpc) is 3.13. The first-order chi connectivity index (χ1) is 10.9. The van der Waals surface area contributed by atoms with Crippen molar-refractivity contribution in [1.29, 1.82) is 0 Å². The normalized spacial score (nSPS) is 13.7. The number of aliphatic hydroxyl groups is 1. The van der Waals surface area contributed by atoms with Gasteiger partial charge in [0.2, 0.25) is 0 Å². The molecule has 0 saturated heterocycles. The number of aromatic nitrogens is 1. The van der Waals surface area contributed by atoms with Gasteiger partial charge in [0, 0.05) is 18.7 Å². The van der Waals surface area contributed by atoms with Crippen molar-refractivity contribution in [3.63, 3.8) is 0 Å². The van der Waals surface area contributed by atoms with E-state index in [4.69, 9.17) is 4.42 Å². The molecule has 0 saturated carbocycles. The van der Waals surface area contributed by atoms with Crippen molar-refractivity contribution in [2.24, 2.45) is 0 Å². The van der Waals surface area contributed by atoms with E-state index in [2.05, 4.69) is 15.6 Å². The van der Waals surface area contributed by atoms with Crippen molar-refractivity contribution in [3.05, 3.63) is 46.5 Å². The molecule has 0 aliphatic rings. The van der Waals surface area contributed by atoms with Crippen molar-refractivity contribution in [2.45, 2.75) is 19.4 Å². The van der Waals surface area contributed by atoms with Crippen LogP contribution < -0.4 is 10.6 Å². The molecule has 23 heavy (non-hydrogen) atoms. The van der Waals surface area contributed by atoms with Gasteiger partial charge in [0.05, 0.1) is 6.54 Å². The van der Waals surface area contributed by atoms with E-state index in [1.807, 2.05) is 16.8 Å². The fourth-order valence-electron chi connectivity index (χ4n) is 2.22. The van der Waals surface area contributed by atoms with Gasteiger partial charge in [-0.3, -0.25) is 0 Å². The number of carbonyl (C=O) groups excluding carboxylic acids is 1. The first-order valence-electron chi connectivity index (χ1n) is 7.11. The Balaban J connectivity index is 1.62. The third-order valence-corrected chi connectivity index (χ3v) is 4.17. The zero-order valence-corrected chi connectivity index (χ0v) is 13.6. The summed E-state index contributed by atoms with van der Waals surface area (Å²) in [5, 5.41) is 19.5. The summed E-state index contributed by atoms with van der Waals surface area (Å²) in [5.41, 5.74) is 1.63. The van der Waals surface area contributed by atoms with Crippen LogP contribution in [0.5, 0.6) is 0 Å². The molecule has 6 nitrogen and oxygen atoms in total. The Morgan fingerprint density at radius 2 is 2.26 bits per heavy atom. The predicted molar refractivity (Wildman–Crippen MR) is 89.7 cm³/mol. The molecular formula is C16H17N3O3S. The number of thiophene rings is 1. The Hall–Kier alpha value is -2.38. The minimum atomic E-state index is -1.11. The van der Waals surface area contributed by atoms with Gasteiger partial charge in [-0.15, -0.1) is 0 Å². The fraction of sp³-hybridized carbons (Fsp3) is 0.250. The molecule has 2 amide bonds. The first-order valence-corrected chi connectivity index (χ1v) is 8.05. The molecule has 0 fully saturated rings. The van der Waals surface area contributed by atoms with Gasteiger partial charge < -0.3 is 20.2 Å². The molecule has 3 rings (SSSR count). The van der Waals surface area contributed by atoms with Crippen LogP contribution in [0.25, 0.3) is 11.1 Å². The maximum atomic E-state index is 12.0. The summed E-state index contributed by atoms with van der Waals surface area (Å²) in [6.07, 6.45) is 0. The molecule has 1 aromatic carbocycles. The standard InChI is InChI=1S/C16H17N3O3S/c1-10-18-13-4-3-12(7-14(13)22-10)19-15(20)17-9-16(2,21)11-5-6-23-8-11/h3-8,21H,9H2,1-2H3,(H2,17,19,20). The van der Waals surface area contributed by atoms with Gasteiger partial charge in [-0.2, -0.15) is 11.3 Å². The number of hydrogen-bond donors (Lipinski definition) is 3. The van der Waals surface area contributed by atoms with Gasteiger partial charge in [0.1, 0.15) is 11.1 Å². The molecule has 0 radical (unpaired) electrons. The number of nitrogens with zero attached hydrogens (tertiary/aromatic N) is 1. The van der Waals surface area contributed by atoms with Crippen molar-refractivity contribution in [2.75, 3.05) is 11.9 Å². The van der Waals surface area contributed by atoms with E-state index in [0.717, 1.165) is 11.1 Å². The van der Waals surface area contributed by atoms with Gasteiger partial charge in [0.25, 0.3) is 0 Å². The summed E-state index contributed by atoms with van der Waals surface area (Å²) in [4.78, 5) is 16.2. The lowest BCUT2D eigenvalue weighted by molar-refractivity contribution is 0.0604. The molecular weight excluding hydrogens is 314 g/mol. The number of nitrogens with one attached hydrogen (secondary N) is 2. The molecule has 3 aromatic rings. The van der Waals surface area contributed by atoms with Crippen LogP contribution in [0.4, 0.5) is 10.5 Å². The Morgan fingerprint density at radius 1 is 1.43 bits per heavy atom. The smallest absolute Gasteiger partial charge is 0.319 e. The minimum Gasteiger partial charge on any atom is -0.441 e. The summed E-state index contributed by atoms with van der Waals surface area (Å²) in [6, 6.07) is 6.69. The SMILES string of the molecule is Cc1nc2ccc(NC(=O)NCC(C)(O)c3ccsc3)cc2o1. The van der Waals surface area contributed by atoms with Crippen LogP contribution in [-0.4, -0.2) is 22.7 Å². The van der Waals surface area contributed by atoms with Crippen LogP contribution >= 0.6 is 11.3 Å². The van der Waals surface area contributed by atoms with Crippen LogP contribution in [0.3, 0.4) is 0 Å². The number of carbonyl (C=O) groups is 1. The Morgan fingerprint density at radius 3 is 3.00 bits per heavy atom. The highest BCUT2D eigenvalue weighted by molar-refractivity contribution is 7.08. The third-order valence-electron chi connectivity index (χ3n) is 3.49. The number of urea groups is 1. The van der Waals surface area contributed by atoms with Crippen molar-refractivity contribution < 1.29 is 14.3 Å². The van der Waals surface area contributed by atoms with Crippen LogP contribution in [0.15, 0.2) is 39.4 Å². The molecule has 0 aliphatic heterocycles. The van der Waals surface area contributed by atoms with Gasteiger partial charge in [0.15, 0.2) is 11.5 Å². The van der Waals surface area contributed by atoms with E-state index in [-0.39, 0.29) is 6.54 Å². The number of aryl methyl sites for hydroxylation is 1. The van der Waals surface area contributed by atoms with E-state index in [1.54, 1.807) is 32.0 Å². The lowest BCUT2D eigenvalue weighted by Gasteiger charge is -2.22. The summed E-state index contributed by atoms with van der Waals surface area (Å²) < 4.78 is 5.43. The lowest BCUT2D eigenvalue weighted by Crippen LogP contribution is -2.40. The van der Waals surface area contributed by atoms with E-state index in [1.165, 1.54) is 11.3 Å². The van der Waals surface area contributed by atoms with E-state index in [9.17, 15) is 9.90 Å². The van der Waals surface area contributed by atoms with Crippen LogP contribution in [0.2, 0.25) is 0 Å². The van der Waals surface area contributed by atoms with Gasteiger partial charge >= 0.3 is 6.03 Å². The Kier molecular flexibility index (Phi) is 4.06. The predicted octanol–water partition coefficient (Wildman–Crippen LogP) is 3.23. The molecule has 1 atom stereocenters. The quantitative estimate of drug-likeness (QED) is 0.685. The average molecular weight is 331 g/mol. The van der Waals surface area contributed by atoms with Crippen LogP contribution in [0.1, 0.15) is 18.4 Å². The molecule has 120 valence electrons. The summed E-state index contributed by atoms with van der Waals surface area (Å²) in [6.45, 7) is 3.55. The molecule has 0 spiro atoms. The van der Waals surface area contributed by atoms with Gasteiger partial charge in [-0.25, -0.2) is 9.78 Å². The Labute approximate surface area is 137 Å². The maximum Gasteiger partial charge on any atom is 0.319 e. The van der Waals surface area contributed by atoms with E-state index >= 15 is 0 Å². The Bertz CT molecular complexity index is 824. The number of amides is 2. The number of benzene rings is 1. The fourth-order valence-corrected chi connectivity index (χ4v) is 3.00. The second-order valence-corrected chi connectivity index (χ2v) is 6.29. The summed E-state index contributed by atoms with van der Waals surface area (Å²) >= 11 is 1.50. The largest absolute Gasteiger partial charge is 0.441 e. The van der Waals surface area contributed by atoms with Crippen molar-refractivity contribution in [1.82, 2.24) is 10.3 Å².